The number of nitrogens with one attached hydrogen (secondary N) is 1. The molecule has 2 N–H and O–H groups in total. The van der Waals surface area contributed by atoms with Gasteiger partial charge in [0, 0.05) is 16.7 Å². The summed E-state index contributed by atoms with van der Waals surface area (Å²) in [6.07, 6.45) is -0.673. The number of hydrogen-bond acceptors (Lipinski definition) is 2. The van der Waals surface area contributed by atoms with Gasteiger partial charge in [-0.3, -0.25) is 0 Å². The molecular weight excluding hydrogens is 309 g/mol. The molecule has 0 aliphatic rings. The van der Waals surface area contributed by atoms with E-state index in [1.165, 1.54) is 12.1 Å². The number of aliphatic hydroxyl groups excluding tert-OH is 1. The fourth-order valence-corrected chi connectivity index (χ4v) is 2.20. The van der Waals surface area contributed by atoms with Gasteiger partial charge < -0.3 is 10.4 Å². The van der Waals surface area contributed by atoms with Crippen molar-refractivity contribution in [3.05, 3.63) is 63.9 Å². The van der Waals surface area contributed by atoms with Crippen LogP contribution in [-0.4, -0.2) is 11.7 Å². The Labute approximate surface area is 120 Å². The number of aryl methyl sites for hydroxylation is 1. The number of rotatable bonds is 4. The van der Waals surface area contributed by atoms with Gasteiger partial charge >= 0.3 is 0 Å². The minimum Gasteiger partial charge on any atom is -0.387 e. The molecule has 0 heterocycles. The summed E-state index contributed by atoms with van der Waals surface area (Å²) < 4.78 is 13.8. The molecule has 0 radical (unpaired) electrons. The predicted molar refractivity (Wildman–Crippen MR) is 78.7 cm³/mol. The van der Waals surface area contributed by atoms with Crippen molar-refractivity contribution in [2.24, 2.45) is 0 Å². The largest absolute Gasteiger partial charge is 0.387 e. The lowest BCUT2D eigenvalue weighted by Crippen LogP contribution is -2.12. The summed E-state index contributed by atoms with van der Waals surface area (Å²) in [5.74, 6) is -0.301. The summed E-state index contributed by atoms with van der Waals surface area (Å²) in [6, 6.07) is 11.8. The number of hydrogen-bond donors (Lipinski definition) is 2. The molecule has 0 saturated heterocycles. The van der Waals surface area contributed by atoms with Crippen molar-refractivity contribution < 1.29 is 9.50 Å². The van der Waals surface area contributed by atoms with Crippen LogP contribution >= 0.6 is 15.9 Å². The van der Waals surface area contributed by atoms with E-state index in [-0.39, 0.29) is 5.82 Å². The molecule has 0 aliphatic heterocycles. The van der Waals surface area contributed by atoms with Crippen molar-refractivity contribution >= 4 is 21.6 Å². The van der Waals surface area contributed by atoms with Crippen molar-refractivity contribution in [1.82, 2.24) is 0 Å². The van der Waals surface area contributed by atoms with Gasteiger partial charge in [-0.25, -0.2) is 4.39 Å². The molecule has 2 rings (SSSR count). The summed E-state index contributed by atoms with van der Waals surface area (Å²) in [5.41, 5.74) is 2.75. The Balaban J connectivity index is 2.02. The van der Waals surface area contributed by atoms with Gasteiger partial charge in [0.15, 0.2) is 0 Å². The van der Waals surface area contributed by atoms with Gasteiger partial charge in [-0.2, -0.15) is 0 Å². The number of halogens is 2. The highest BCUT2D eigenvalue weighted by atomic mass is 79.9. The maximum absolute atomic E-state index is 12.8. The zero-order valence-corrected chi connectivity index (χ0v) is 12.1. The lowest BCUT2D eigenvalue weighted by atomic mass is 10.1. The van der Waals surface area contributed by atoms with E-state index in [0.29, 0.717) is 12.1 Å². The molecule has 100 valence electrons. The SMILES string of the molecule is Cc1cccc(NCC(O)c2ccc(F)cc2)c1Br. The quantitative estimate of drug-likeness (QED) is 0.889. The highest BCUT2D eigenvalue weighted by molar-refractivity contribution is 9.10. The maximum atomic E-state index is 12.8. The van der Waals surface area contributed by atoms with Crippen LogP contribution in [0.2, 0.25) is 0 Å². The van der Waals surface area contributed by atoms with Gasteiger partial charge in [-0.1, -0.05) is 24.3 Å². The molecule has 19 heavy (non-hydrogen) atoms. The zero-order chi connectivity index (χ0) is 13.8. The van der Waals surface area contributed by atoms with Gasteiger partial charge in [0.1, 0.15) is 5.82 Å². The topological polar surface area (TPSA) is 32.3 Å². The molecule has 0 bridgehead atoms. The van der Waals surface area contributed by atoms with E-state index in [0.717, 1.165) is 15.7 Å². The first-order valence-corrected chi connectivity index (χ1v) is 6.80. The number of anilines is 1. The summed E-state index contributed by atoms with van der Waals surface area (Å²) in [5, 5.41) is 13.2. The minimum absolute atomic E-state index is 0.301. The summed E-state index contributed by atoms with van der Waals surface area (Å²) in [7, 11) is 0. The molecule has 1 atom stereocenters. The first-order chi connectivity index (χ1) is 9.08. The Kier molecular flexibility index (Phi) is 4.56. The monoisotopic (exact) mass is 323 g/mol. The predicted octanol–water partition coefficient (Wildman–Crippen LogP) is 4.04. The molecule has 0 amide bonds. The maximum Gasteiger partial charge on any atom is 0.123 e. The van der Waals surface area contributed by atoms with Crippen LogP contribution in [0.1, 0.15) is 17.2 Å². The van der Waals surface area contributed by atoms with Crippen LogP contribution in [0.5, 0.6) is 0 Å². The molecule has 0 aliphatic carbocycles. The van der Waals surface area contributed by atoms with Crippen LogP contribution in [0.15, 0.2) is 46.9 Å². The highest BCUT2D eigenvalue weighted by Gasteiger charge is 2.09. The molecule has 0 saturated carbocycles. The molecule has 1 unspecified atom stereocenters. The van der Waals surface area contributed by atoms with Crippen LogP contribution in [0.4, 0.5) is 10.1 Å². The first kappa shape index (κ1) is 14.0. The summed E-state index contributed by atoms with van der Waals surface area (Å²) in [6.45, 7) is 2.37. The van der Waals surface area contributed by atoms with E-state index in [2.05, 4.69) is 21.2 Å². The summed E-state index contributed by atoms with van der Waals surface area (Å²) >= 11 is 3.50. The van der Waals surface area contributed by atoms with Crippen molar-refractivity contribution in [3.63, 3.8) is 0 Å². The fourth-order valence-electron chi connectivity index (χ4n) is 1.79. The van der Waals surface area contributed by atoms with E-state index in [1.54, 1.807) is 12.1 Å². The molecular formula is C15H15BrFNO. The highest BCUT2D eigenvalue weighted by Crippen LogP contribution is 2.26. The molecule has 2 aromatic rings. The lowest BCUT2D eigenvalue weighted by Gasteiger charge is -2.15. The second kappa shape index (κ2) is 6.17. The van der Waals surface area contributed by atoms with E-state index in [9.17, 15) is 9.50 Å². The van der Waals surface area contributed by atoms with Gasteiger partial charge in [0.05, 0.1) is 6.10 Å². The van der Waals surface area contributed by atoms with Crippen LogP contribution in [0, 0.1) is 12.7 Å². The van der Waals surface area contributed by atoms with Crippen LogP contribution in [0.25, 0.3) is 0 Å². The van der Waals surface area contributed by atoms with Crippen LogP contribution in [0.3, 0.4) is 0 Å². The van der Waals surface area contributed by atoms with E-state index >= 15 is 0 Å². The van der Waals surface area contributed by atoms with Crippen LogP contribution in [-0.2, 0) is 0 Å². The molecule has 0 aromatic heterocycles. The van der Waals surface area contributed by atoms with Gasteiger partial charge in [0.2, 0.25) is 0 Å². The summed E-state index contributed by atoms with van der Waals surface area (Å²) in [4.78, 5) is 0. The Morgan fingerprint density at radius 3 is 2.58 bits per heavy atom. The van der Waals surface area contributed by atoms with Gasteiger partial charge in [0.25, 0.3) is 0 Å². The molecule has 2 aromatic carbocycles. The smallest absolute Gasteiger partial charge is 0.123 e. The molecule has 0 fully saturated rings. The first-order valence-electron chi connectivity index (χ1n) is 6.00. The fraction of sp³-hybridized carbons (Fsp3) is 0.200. The number of benzene rings is 2. The number of aliphatic hydroxyl groups is 1. The minimum atomic E-state index is -0.673. The second-order valence-corrected chi connectivity index (χ2v) is 5.18. The van der Waals surface area contributed by atoms with Crippen molar-refractivity contribution in [1.29, 1.82) is 0 Å². The van der Waals surface area contributed by atoms with Crippen LogP contribution < -0.4 is 5.32 Å². The Morgan fingerprint density at radius 1 is 1.21 bits per heavy atom. The van der Waals surface area contributed by atoms with Crippen molar-refractivity contribution in [2.45, 2.75) is 13.0 Å². The second-order valence-electron chi connectivity index (χ2n) is 4.38. The van der Waals surface area contributed by atoms with Gasteiger partial charge in [-0.05, 0) is 52.2 Å². The molecule has 2 nitrogen and oxygen atoms in total. The third kappa shape index (κ3) is 3.55. The van der Waals surface area contributed by atoms with Crippen molar-refractivity contribution in [2.75, 3.05) is 11.9 Å². The Hall–Kier alpha value is -1.39. The lowest BCUT2D eigenvalue weighted by molar-refractivity contribution is 0.191. The van der Waals surface area contributed by atoms with Crippen molar-refractivity contribution in [3.8, 4) is 0 Å². The molecule has 4 heteroatoms. The third-order valence-corrected chi connectivity index (χ3v) is 3.99. The average molecular weight is 324 g/mol. The van der Waals surface area contributed by atoms with E-state index < -0.39 is 6.10 Å². The zero-order valence-electron chi connectivity index (χ0n) is 10.5. The van der Waals surface area contributed by atoms with E-state index in [1.807, 2.05) is 25.1 Å². The average Bonchev–Trinajstić information content (AvgIpc) is 2.41. The normalized spacial score (nSPS) is 12.2. The third-order valence-electron chi connectivity index (χ3n) is 2.93. The van der Waals surface area contributed by atoms with Gasteiger partial charge in [-0.15, -0.1) is 0 Å². The molecule has 0 spiro atoms. The standard InChI is InChI=1S/C15H15BrFNO/c1-10-3-2-4-13(15(10)16)18-9-14(19)11-5-7-12(17)8-6-11/h2-8,14,18-19H,9H2,1H3. The Morgan fingerprint density at radius 2 is 1.89 bits per heavy atom. The Bertz CT molecular complexity index is 557. The van der Waals surface area contributed by atoms with E-state index in [4.69, 9.17) is 0 Å².